The van der Waals surface area contributed by atoms with Gasteiger partial charge in [-0.3, -0.25) is 4.79 Å². The van der Waals surface area contributed by atoms with Gasteiger partial charge in [0.05, 0.1) is 12.2 Å². The Hall–Kier alpha value is -4.77. The number of halogens is 1. The Labute approximate surface area is 237 Å². The van der Waals surface area contributed by atoms with E-state index in [0.717, 1.165) is 22.3 Å². The molecule has 2 N–H and O–H groups in total. The molecule has 0 fully saturated rings. The first kappa shape index (κ1) is 27.8. The molecular formula is C30H32FN7O3. The first-order chi connectivity index (χ1) is 19.6. The number of hydroxylamine groups is 2. The maximum Gasteiger partial charge on any atom is 0.428 e. The Kier molecular flexibility index (Phi) is 7.71. The smallest absolute Gasteiger partial charge is 0.378 e. The average molecular weight is 558 g/mol. The average Bonchev–Trinajstić information content (AvgIpc) is 3.40. The minimum absolute atomic E-state index is 0.332. The molecule has 0 unspecified atom stereocenters. The molecule has 2 aromatic heterocycles. The minimum atomic E-state index is -0.492. The fourth-order valence-corrected chi connectivity index (χ4v) is 4.66. The molecule has 0 bridgehead atoms. The van der Waals surface area contributed by atoms with Crippen molar-refractivity contribution in [1.82, 2.24) is 24.9 Å². The van der Waals surface area contributed by atoms with Crippen LogP contribution in [-0.2, 0) is 4.84 Å². The number of nitrogens with zero attached hydrogens (tertiary/aromatic N) is 5. The van der Waals surface area contributed by atoms with Gasteiger partial charge in [0.2, 0.25) is 0 Å². The van der Waals surface area contributed by atoms with Gasteiger partial charge < -0.3 is 24.9 Å². The molecule has 10 nitrogen and oxygen atoms in total. The van der Waals surface area contributed by atoms with Crippen LogP contribution < -0.4 is 10.2 Å². The largest absolute Gasteiger partial charge is 0.428 e. The number of rotatable bonds is 6. The Balaban J connectivity index is 1.42. The summed E-state index contributed by atoms with van der Waals surface area (Å²) >= 11 is 0. The topological polar surface area (TPSA) is 107 Å². The third kappa shape index (κ3) is 5.90. The van der Waals surface area contributed by atoms with Crippen LogP contribution in [0.5, 0.6) is 0 Å². The lowest BCUT2D eigenvalue weighted by atomic mass is 10.00. The SMILES string of the molecule is Cc1c(NC(=O)c2ccc(N(C)C)cc2)cc(F)cc1-c1ncnc2[nH]c(C3=CCN(OC(=O)N(C)C)CC3)cc12. The molecule has 0 saturated carbocycles. The number of hydrogen-bond donors (Lipinski definition) is 2. The second-order valence-corrected chi connectivity index (χ2v) is 10.3. The first-order valence-corrected chi connectivity index (χ1v) is 13.2. The zero-order chi connectivity index (χ0) is 29.3. The highest BCUT2D eigenvalue weighted by atomic mass is 19.1. The number of anilines is 2. The lowest BCUT2D eigenvalue weighted by molar-refractivity contribution is -0.101. The number of hydrogen-bond acceptors (Lipinski definition) is 7. The van der Waals surface area contributed by atoms with Crippen molar-refractivity contribution < 1.29 is 18.8 Å². The molecule has 0 spiro atoms. The van der Waals surface area contributed by atoms with Crippen molar-refractivity contribution in [3.8, 4) is 11.3 Å². The van der Waals surface area contributed by atoms with Crippen molar-refractivity contribution in [2.45, 2.75) is 13.3 Å². The second kappa shape index (κ2) is 11.4. The minimum Gasteiger partial charge on any atom is -0.378 e. The normalized spacial score (nSPS) is 13.6. The number of amides is 2. The lowest BCUT2D eigenvalue weighted by Gasteiger charge is -2.25. The van der Waals surface area contributed by atoms with Crippen molar-refractivity contribution >= 4 is 40.0 Å². The van der Waals surface area contributed by atoms with Gasteiger partial charge in [-0.15, -0.1) is 5.06 Å². The van der Waals surface area contributed by atoms with Gasteiger partial charge in [-0.25, -0.2) is 19.2 Å². The number of carbonyl (C=O) groups excluding carboxylic acids is 2. The van der Waals surface area contributed by atoms with Crippen LogP contribution in [0.4, 0.5) is 20.6 Å². The van der Waals surface area contributed by atoms with Crippen molar-refractivity contribution in [2.75, 3.05) is 51.5 Å². The van der Waals surface area contributed by atoms with E-state index in [4.69, 9.17) is 4.84 Å². The predicted molar refractivity (Wildman–Crippen MR) is 157 cm³/mol. The summed E-state index contributed by atoms with van der Waals surface area (Å²) in [6, 6.07) is 11.9. The third-order valence-corrected chi connectivity index (χ3v) is 7.04. The molecule has 5 rings (SSSR count). The summed E-state index contributed by atoms with van der Waals surface area (Å²) in [6.45, 7) is 2.82. The number of aromatic amines is 1. The summed E-state index contributed by atoms with van der Waals surface area (Å²) in [7, 11) is 7.13. The van der Waals surface area contributed by atoms with E-state index in [1.54, 1.807) is 31.3 Å². The molecule has 11 heteroatoms. The van der Waals surface area contributed by atoms with Crippen molar-refractivity contribution in [1.29, 1.82) is 0 Å². The molecule has 0 saturated heterocycles. The highest BCUT2D eigenvalue weighted by molar-refractivity contribution is 6.05. The van der Waals surface area contributed by atoms with Crippen LogP contribution in [0.2, 0.25) is 0 Å². The monoisotopic (exact) mass is 557 g/mol. The molecule has 4 aromatic rings. The molecule has 1 aliphatic heterocycles. The Morgan fingerprint density at radius 1 is 1.07 bits per heavy atom. The third-order valence-electron chi connectivity index (χ3n) is 7.04. The molecule has 3 heterocycles. The van der Waals surface area contributed by atoms with Gasteiger partial charge in [0, 0.05) is 68.3 Å². The first-order valence-electron chi connectivity index (χ1n) is 13.2. The summed E-state index contributed by atoms with van der Waals surface area (Å²) in [6.07, 6.45) is 3.66. The van der Waals surface area contributed by atoms with E-state index < -0.39 is 11.9 Å². The molecule has 1 aliphatic rings. The van der Waals surface area contributed by atoms with Crippen LogP contribution in [-0.4, -0.2) is 78.2 Å². The molecule has 0 radical (unpaired) electrons. The van der Waals surface area contributed by atoms with Crippen LogP contribution in [0.1, 0.15) is 28.0 Å². The zero-order valence-electron chi connectivity index (χ0n) is 23.7. The molecule has 212 valence electrons. The lowest BCUT2D eigenvalue weighted by Crippen LogP contribution is -2.35. The summed E-state index contributed by atoms with van der Waals surface area (Å²) in [5, 5.41) is 5.20. The quantitative estimate of drug-likeness (QED) is 0.340. The highest BCUT2D eigenvalue weighted by Crippen LogP contribution is 2.35. The Morgan fingerprint density at radius 2 is 1.83 bits per heavy atom. The van der Waals surface area contributed by atoms with Gasteiger partial charge in [-0.05, 0) is 66.9 Å². The van der Waals surface area contributed by atoms with Crippen molar-refractivity contribution in [3.05, 3.63) is 77.5 Å². The van der Waals surface area contributed by atoms with E-state index in [0.29, 0.717) is 53.2 Å². The summed E-state index contributed by atoms with van der Waals surface area (Å²) in [5.41, 5.74) is 6.13. The number of nitrogens with one attached hydrogen (secondary N) is 2. The molecular weight excluding hydrogens is 525 g/mol. The van der Waals surface area contributed by atoms with E-state index in [9.17, 15) is 14.0 Å². The van der Waals surface area contributed by atoms with Crippen molar-refractivity contribution in [3.63, 3.8) is 0 Å². The van der Waals surface area contributed by atoms with E-state index in [1.165, 1.54) is 23.4 Å². The fraction of sp³-hybridized carbons (Fsp3) is 0.267. The molecule has 0 aliphatic carbocycles. The predicted octanol–water partition coefficient (Wildman–Crippen LogP) is 5.09. The highest BCUT2D eigenvalue weighted by Gasteiger charge is 2.21. The van der Waals surface area contributed by atoms with Gasteiger partial charge in [0.25, 0.3) is 5.91 Å². The van der Waals surface area contributed by atoms with Crippen LogP contribution in [0.3, 0.4) is 0 Å². The number of benzene rings is 2. The number of carbonyl (C=O) groups is 2. The van der Waals surface area contributed by atoms with E-state index >= 15 is 0 Å². The van der Waals surface area contributed by atoms with Crippen LogP contribution in [0, 0.1) is 12.7 Å². The van der Waals surface area contributed by atoms with Gasteiger partial charge in [0.1, 0.15) is 17.8 Å². The van der Waals surface area contributed by atoms with Gasteiger partial charge >= 0.3 is 6.09 Å². The van der Waals surface area contributed by atoms with Gasteiger partial charge in [-0.1, -0.05) is 6.08 Å². The molecule has 2 amide bonds. The van der Waals surface area contributed by atoms with E-state index in [2.05, 4.69) is 20.3 Å². The molecule has 2 aromatic carbocycles. The van der Waals surface area contributed by atoms with E-state index in [1.807, 2.05) is 50.2 Å². The van der Waals surface area contributed by atoms with Crippen molar-refractivity contribution in [2.24, 2.45) is 0 Å². The molecule has 0 atom stereocenters. The van der Waals surface area contributed by atoms with Crippen LogP contribution >= 0.6 is 0 Å². The van der Waals surface area contributed by atoms with Gasteiger partial charge in [-0.2, -0.15) is 0 Å². The number of fused-ring (bicyclic) bond motifs is 1. The maximum absolute atomic E-state index is 14.9. The second-order valence-electron chi connectivity index (χ2n) is 10.3. The number of H-pyrrole nitrogens is 1. The molecule has 41 heavy (non-hydrogen) atoms. The zero-order valence-corrected chi connectivity index (χ0v) is 23.7. The summed E-state index contributed by atoms with van der Waals surface area (Å²) < 4.78 is 14.9. The number of aromatic nitrogens is 3. The van der Waals surface area contributed by atoms with Crippen LogP contribution in [0.25, 0.3) is 27.9 Å². The Morgan fingerprint density at radius 3 is 2.49 bits per heavy atom. The maximum atomic E-state index is 14.9. The fourth-order valence-electron chi connectivity index (χ4n) is 4.66. The Bertz CT molecular complexity index is 1640. The van der Waals surface area contributed by atoms with Crippen LogP contribution in [0.15, 0.2) is 54.9 Å². The standard InChI is InChI=1S/C30H32FN7O3/c1-18-23(14-21(31)15-25(18)35-29(39)20-6-8-22(9-7-20)36(2)3)27-24-16-26(34-28(24)33-17-32-27)19-10-12-38(13-11-19)41-30(40)37(4)5/h6-10,14-17H,11-13H2,1-5H3,(H,35,39)(H,32,33,34). The summed E-state index contributed by atoms with van der Waals surface area (Å²) in [4.78, 5) is 45.8. The summed E-state index contributed by atoms with van der Waals surface area (Å²) in [5.74, 6) is -0.824. The van der Waals surface area contributed by atoms with E-state index in [-0.39, 0.29) is 5.91 Å². The van der Waals surface area contributed by atoms with Gasteiger partial charge in [0.15, 0.2) is 0 Å².